The molecule has 0 amide bonds. The van der Waals surface area contributed by atoms with Gasteiger partial charge in [0.1, 0.15) is 5.71 Å². The van der Waals surface area contributed by atoms with Gasteiger partial charge in [0.25, 0.3) is 0 Å². The van der Waals surface area contributed by atoms with Crippen LogP contribution in [0.2, 0.25) is 0 Å². The minimum absolute atomic E-state index is 0.0447. The van der Waals surface area contributed by atoms with Crippen molar-refractivity contribution in [2.75, 3.05) is 20.4 Å². The van der Waals surface area contributed by atoms with Crippen LogP contribution in [0.5, 0.6) is 0 Å². The number of aliphatic hydroxyl groups excluding tert-OH is 2. The van der Waals surface area contributed by atoms with Crippen molar-refractivity contribution in [3.63, 3.8) is 0 Å². The molecule has 0 fully saturated rings. The number of allylic oxidation sites excluding steroid dienone is 2. The summed E-state index contributed by atoms with van der Waals surface area (Å²) in [5, 5.41) is 16.4. The maximum absolute atomic E-state index is 13.1. The second-order valence-corrected chi connectivity index (χ2v) is 9.88. The van der Waals surface area contributed by atoms with E-state index in [4.69, 9.17) is 5.11 Å². The molecule has 0 aliphatic rings. The molecule has 2 aromatic rings. The Labute approximate surface area is 220 Å². The number of hydrogen-bond donors (Lipinski definition) is 2. The maximum atomic E-state index is 13.1. The molecule has 0 aromatic heterocycles. The highest BCUT2D eigenvalue weighted by Crippen LogP contribution is 2.30. The van der Waals surface area contributed by atoms with Crippen LogP contribution in [0.4, 0.5) is 13.2 Å². The fourth-order valence-corrected chi connectivity index (χ4v) is 4.02. The van der Waals surface area contributed by atoms with Gasteiger partial charge in [-0.1, -0.05) is 84.4 Å². The Morgan fingerprint density at radius 2 is 1.46 bits per heavy atom. The quantitative estimate of drug-likeness (QED) is 0.384. The zero-order chi connectivity index (χ0) is 29.4. The third-order valence-corrected chi connectivity index (χ3v) is 5.81. The summed E-state index contributed by atoms with van der Waals surface area (Å²) < 4.78 is 63.3. The standard InChI is InChI=1S/C22H24F3NO3S.C3H8.C2H6.CH4O/c1-14(2)19(12-21(26-3)22(23,24)25)16-7-5-15(6-8-16)17-9-10-18(13-27)20(11-17)30(4,28)29;1-3-2;2*1-2/h5-12,14,27H,13H2,1-4H3;3H2,1-2H3;1-2H3;2H,1H3/b19-12+,26-21?;;;. The van der Waals surface area contributed by atoms with Crippen LogP contribution in [0.1, 0.15) is 59.1 Å². The average molecular weight is 546 g/mol. The van der Waals surface area contributed by atoms with E-state index in [1.807, 2.05) is 13.8 Å². The van der Waals surface area contributed by atoms with Gasteiger partial charge in [-0.3, -0.25) is 4.99 Å². The number of nitrogens with zero attached hydrogens (tertiary/aromatic N) is 1. The first kappa shape index (κ1) is 36.7. The van der Waals surface area contributed by atoms with Crippen LogP contribution in [0, 0.1) is 5.92 Å². The molecule has 0 unspecified atom stereocenters. The van der Waals surface area contributed by atoms with Crippen LogP contribution in [0.25, 0.3) is 16.7 Å². The summed E-state index contributed by atoms with van der Waals surface area (Å²) in [7, 11) is -1.42. The second-order valence-electron chi connectivity index (χ2n) is 7.90. The van der Waals surface area contributed by atoms with Crippen molar-refractivity contribution in [1.29, 1.82) is 0 Å². The van der Waals surface area contributed by atoms with Gasteiger partial charge in [-0.05, 0) is 45.9 Å². The molecule has 0 atom stereocenters. The third-order valence-electron chi connectivity index (χ3n) is 4.63. The van der Waals surface area contributed by atoms with Crippen LogP contribution in [0.15, 0.2) is 58.4 Å². The highest BCUT2D eigenvalue weighted by molar-refractivity contribution is 7.90. The molecule has 2 aromatic carbocycles. The first-order valence-electron chi connectivity index (χ1n) is 12.0. The minimum atomic E-state index is -4.54. The van der Waals surface area contributed by atoms with Crippen LogP contribution in [-0.4, -0.2) is 50.9 Å². The second kappa shape index (κ2) is 17.9. The molecule has 210 valence electrons. The van der Waals surface area contributed by atoms with Crippen molar-refractivity contribution in [3.05, 3.63) is 59.7 Å². The number of alkyl halides is 3. The van der Waals surface area contributed by atoms with Gasteiger partial charge in [-0.15, -0.1) is 0 Å². The van der Waals surface area contributed by atoms with Crippen LogP contribution >= 0.6 is 0 Å². The van der Waals surface area contributed by atoms with Crippen LogP contribution < -0.4 is 0 Å². The topological polar surface area (TPSA) is 87.0 Å². The summed E-state index contributed by atoms with van der Waals surface area (Å²) in [6.45, 7) is 11.5. The summed E-state index contributed by atoms with van der Waals surface area (Å²) >= 11 is 0. The molecule has 0 aliphatic heterocycles. The van der Waals surface area contributed by atoms with Gasteiger partial charge in [0, 0.05) is 20.4 Å². The molecule has 0 heterocycles. The number of halogens is 3. The van der Waals surface area contributed by atoms with Crippen LogP contribution in [0.3, 0.4) is 0 Å². The van der Waals surface area contributed by atoms with E-state index in [1.165, 1.54) is 12.5 Å². The van der Waals surface area contributed by atoms with E-state index < -0.39 is 28.3 Å². The lowest BCUT2D eigenvalue weighted by Crippen LogP contribution is -2.21. The molecule has 0 saturated carbocycles. The lowest BCUT2D eigenvalue weighted by Gasteiger charge is -2.15. The first-order chi connectivity index (χ1) is 17.3. The summed E-state index contributed by atoms with van der Waals surface area (Å²) in [6, 6.07) is 11.6. The highest BCUT2D eigenvalue weighted by atomic mass is 32.2. The predicted octanol–water partition coefficient (Wildman–Crippen LogP) is 6.97. The van der Waals surface area contributed by atoms with Gasteiger partial charge in [0.05, 0.1) is 11.5 Å². The van der Waals surface area contributed by atoms with E-state index in [9.17, 15) is 26.7 Å². The van der Waals surface area contributed by atoms with Crippen molar-refractivity contribution < 1.29 is 31.8 Å². The van der Waals surface area contributed by atoms with E-state index in [2.05, 4.69) is 18.8 Å². The molecule has 37 heavy (non-hydrogen) atoms. The van der Waals surface area contributed by atoms with Crippen molar-refractivity contribution in [3.8, 4) is 11.1 Å². The SMILES string of the molecule is CC.CCC.CN=C(/C=C(/c1ccc(-c2ccc(CO)c(S(C)(=O)=O)c2)cc1)C(C)C)C(F)(F)F.CO. The minimum Gasteiger partial charge on any atom is -0.400 e. The maximum Gasteiger partial charge on any atom is 0.432 e. The van der Waals surface area contributed by atoms with Crippen molar-refractivity contribution >= 4 is 21.1 Å². The molecule has 0 aliphatic carbocycles. The summed E-state index contributed by atoms with van der Waals surface area (Å²) in [5.41, 5.74) is 1.80. The molecule has 0 saturated heterocycles. The van der Waals surface area contributed by atoms with Gasteiger partial charge in [0.2, 0.25) is 0 Å². The van der Waals surface area contributed by atoms with Gasteiger partial charge >= 0.3 is 6.18 Å². The zero-order valence-electron chi connectivity index (χ0n) is 23.3. The Morgan fingerprint density at radius 3 is 1.81 bits per heavy atom. The Balaban J connectivity index is 0. The number of aliphatic hydroxyl groups is 2. The molecule has 0 bridgehead atoms. The Bertz CT molecular complexity index is 1090. The summed E-state index contributed by atoms with van der Waals surface area (Å²) in [4.78, 5) is 3.40. The Kier molecular flexibility index (Phi) is 17.7. The van der Waals surface area contributed by atoms with Crippen molar-refractivity contribution in [2.45, 2.75) is 65.6 Å². The van der Waals surface area contributed by atoms with E-state index >= 15 is 0 Å². The molecular weight excluding hydrogens is 503 g/mol. The summed E-state index contributed by atoms with van der Waals surface area (Å²) in [6.07, 6.45) is -1.16. The molecule has 9 heteroatoms. The Morgan fingerprint density at radius 1 is 1.00 bits per heavy atom. The first-order valence-corrected chi connectivity index (χ1v) is 13.9. The number of benzene rings is 2. The van der Waals surface area contributed by atoms with Gasteiger partial charge in [-0.25, -0.2) is 8.42 Å². The zero-order valence-corrected chi connectivity index (χ0v) is 24.1. The number of hydrogen-bond acceptors (Lipinski definition) is 5. The molecule has 5 nitrogen and oxygen atoms in total. The van der Waals surface area contributed by atoms with E-state index in [0.717, 1.165) is 26.5 Å². The number of aliphatic imine (C=N–C) groups is 1. The molecule has 0 radical (unpaired) electrons. The Hall–Kier alpha value is -2.49. The molecular formula is C28H42F3NO4S. The van der Waals surface area contributed by atoms with E-state index in [-0.39, 0.29) is 10.8 Å². The normalized spacial score (nSPS) is 12.0. The number of sulfone groups is 1. The van der Waals surface area contributed by atoms with Gasteiger partial charge in [0.15, 0.2) is 9.84 Å². The van der Waals surface area contributed by atoms with Crippen LogP contribution in [-0.2, 0) is 16.4 Å². The smallest absolute Gasteiger partial charge is 0.400 e. The summed E-state index contributed by atoms with van der Waals surface area (Å²) in [5.74, 6) is -0.171. The van der Waals surface area contributed by atoms with Gasteiger partial charge < -0.3 is 10.2 Å². The number of rotatable bonds is 6. The van der Waals surface area contributed by atoms with E-state index in [1.54, 1.807) is 50.2 Å². The van der Waals surface area contributed by atoms with E-state index in [0.29, 0.717) is 27.8 Å². The fraction of sp³-hybridized carbons (Fsp3) is 0.464. The van der Waals surface area contributed by atoms with Gasteiger partial charge in [-0.2, -0.15) is 13.2 Å². The monoisotopic (exact) mass is 545 g/mol. The molecule has 2 N–H and O–H groups in total. The molecule has 2 rings (SSSR count). The van der Waals surface area contributed by atoms with Crippen molar-refractivity contribution in [1.82, 2.24) is 0 Å². The largest absolute Gasteiger partial charge is 0.432 e. The molecule has 0 spiro atoms. The lowest BCUT2D eigenvalue weighted by molar-refractivity contribution is -0.0577. The lowest BCUT2D eigenvalue weighted by atomic mass is 9.92. The fourth-order valence-electron chi connectivity index (χ4n) is 3.07. The predicted molar refractivity (Wildman–Crippen MR) is 149 cm³/mol. The highest BCUT2D eigenvalue weighted by Gasteiger charge is 2.34. The van der Waals surface area contributed by atoms with Crippen molar-refractivity contribution in [2.24, 2.45) is 10.9 Å². The third kappa shape index (κ3) is 12.1. The average Bonchev–Trinajstić information content (AvgIpc) is 2.86.